The molecule has 0 aliphatic heterocycles. The van der Waals surface area contributed by atoms with Crippen LogP contribution in [0.4, 0.5) is 17.5 Å². The van der Waals surface area contributed by atoms with E-state index in [1.54, 1.807) is 0 Å². The molecule has 1 aromatic heterocycles. The van der Waals surface area contributed by atoms with Gasteiger partial charge in [0.2, 0.25) is 5.95 Å². The lowest BCUT2D eigenvalue weighted by atomic mass is 10.1. The predicted octanol–water partition coefficient (Wildman–Crippen LogP) is 4.92. The van der Waals surface area contributed by atoms with Gasteiger partial charge in [-0.25, -0.2) is 4.98 Å². The predicted molar refractivity (Wildman–Crippen MR) is 96.6 cm³/mol. The Labute approximate surface area is 138 Å². The highest BCUT2D eigenvalue weighted by Crippen LogP contribution is 2.40. The summed E-state index contributed by atoms with van der Waals surface area (Å²) >= 11 is 0. The maximum atomic E-state index is 4.71. The molecule has 0 saturated heterocycles. The van der Waals surface area contributed by atoms with Crippen LogP contribution in [0, 0.1) is 13.8 Å². The molecule has 2 N–H and O–H groups in total. The van der Waals surface area contributed by atoms with E-state index in [2.05, 4.69) is 67.6 Å². The Hall–Kier alpha value is -2.10. The average molecular weight is 310 g/mol. The van der Waals surface area contributed by atoms with Crippen molar-refractivity contribution in [1.82, 2.24) is 9.97 Å². The Kier molecular flexibility index (Phi) is 4.51. The standard InChI is InChI=1S/C19H26N4/c1-5-14(4)20-19-21-16(15-9-10-15)11-17(23-19)22-18-12(2)7-6-8-13(18)3/h6-8,11,14-15H,5,9-10H2,1-4H3,(H2,20,21,22,23)/t14-/m0/s1. The monoisotopic (exact) mass is 310 g/mol. The van der Waals surface area contributed by atoms with Crippen molar-refractivity contribution >= 4 is 17.5 Å². The maximum absolute atomic E-state index is 4.71. The average Bonchev–Trinajstić information content (AvgIpc) is 3.35. The molecule has 1 saturated carbocycles. The Morgan fingerprint density at radius 1 is 1.17 bits per heavy atom. The molecule has 0 bridgehead atoms. The minimum Gasteiger partial charge on any atom is -0.352 e. The summed E-state index contributed by atoms with van der Waals surface area (Å²) in [6, 6.07) is 8.80. The first kappa shape index (κ1) is 15.8. The van der Waals surface area contributed by atoms with Gasteiger partial charge in [-0.2, -0.15) is 4.98 Å². The van der Waals surface area contributed by atoms with Crippen LogP contribution >= 0.6 is 0 Å². The van der Waals surface area contributed by atoms with Crippen LogP contribution in [0.2, 0.25) is 0 Å². The van der Waals surface area contributed by atoms with Crippen molar-refractivity contribution in [2.75, 3.05) is 10.6 Å². The van der Waals surface area contributed by atoms with E-state index < -0.39 is 0 Å². The van der Waals surface area contributed by atoms with Crippen molar-refractivity contribution in [2.24, 2.45) is 0 Å². The lowest BCUT2D eigenvalue weighted by Gasteiger charge is -2.16. The molecule has 1 aromatic carbocycles. The Balaban J connectivity index is 1.91. The molecule has 122 valence electrons. The van der Waals surface area contributed by atoms with Gasteiger partial charge in [0, 0.05) is 23.7 Å². The van der Waals surface area contributed by atoms with E-state index >= 15 is 0 Å². The van der Waals surface area contributed by atoms with Crippen LogP contribution in [-0.2, 0) is 0 Å². The van der Waals surface area contributed by atoms with Gasteiger partial charge in [0.05, 0.1) is 5.69 Å². The summed E-state index contributed by atoms with van der Waals surface area (Å²) in [6.07, 6.45) is 3.53. The first-order valence-electron chi connectivity index (χ1n) is 8.55. The first-order valence-corrected chi connectivity index (χ1v) is 8.55. The van der Waals surface area contributed by atoms with Gasteiger partial charge in [0.15, 0.2) is 0 Å². The van der Waals surface area contributed by atoms with E-state index in [0.29, 0.717) is 12.0 Å². The SMILES string of the molecule is CC[C@H](C)Nc1nc(Nc2c(C)cccc2C)cc(C2CC2)n1. The second-order valence-corrected chi connectivity index (χ2v) is 6.62. The summed E-state index contributed by atoms with van der Waals surface area (Å²) in [7, 11) is 0. The van der Waals surface area contributed by atoms with Crippen molar-refractivity contribution < 1.29 is 0 Å². The van der Waals surface area contributed by atoms with Crippen LogP contribution < -0.4 is 10.6 Å². The minimum absolute atomic E-state index is 0.373. The summed E-state index contributed by atoms with van der Waals surface area (Å²) in [4.78, 5) is 9.38. The van der Waals surface area contributed by atoms with Crippen LogP contribution in [0.25, 0.3) is 0 Å². The lowest BCUT2D eigenvalue weighted by molar-refractivity contribution is 0.750. The van der Waals surface area contributed by atoms with Crippen LogP contribution in [-0.4, -0.2) is 16.0 Å². The number of nitrogens with zero attached hydrogens (tertiary/aromatic N) is 2. The quantitative estimate of drug-likeness (QED) is 0.794. The van der Waals surface area contributed by atoms with E-state index in [9.17, 15) is 0 Å². The van der Waals surface area contributed by atoms with Gasteiger partial charge in [-0.05, 0) is 51.2 Å². The molecule has 1 aliphatic carbocycles. The smallest absolute Gasteiger partial charge is 0.225 e. The van der Waals surface area contributed by atoms with Gasteiger partial charge < -0.3 is 10.6 Å². The fourth-order valence-corrected chi connectivity index (χ4v) is 2.64. The van der Waals surface area contributed by atoms with Crippen LogP contribution in [0.15, 0.2) is 24.3 Å². The number of hydrogen-bond donors (Lipinski definition) is 2. The molecule has 0 spiro atoms. The highest BCUT2D eigenvalue weighted by atomic mass is 15.2. The van der Waals surface area contributed by atoms with Gasteiger partial charge >= 0.3 is 0 Å². The molecular formula is C19H26N4. The normalized spacial score (nSPS) is 15.3. The Morgan fingerprint density at radius 2 is 1.87 bits per heavy atom. The zero-order valence-corrected chi connectivity index (χ0v) is 14.5. The number of aromatic nitrogens is 2. The second-order valence-electron chi connectivity index (χ2n) is 6.62. The molecule has 1 aliphatic rings. The highest BCUT2D eigenvalue weighted by Gasteiger charge is 2.26. The Bertz CT molecular complexity index is 672. The Morgan fingerprint density at radius 3 is 2.48 bits per heavy atom. The summed E-state index contributed by atoms with van der Waals surface area (Å²) in [6.45, 7) is 8.57. The molecule has 0 unspecified atom stereocenters. The number of aryl methyl sites for hydroxylation is 2. The number of nitrogens with one attached hydrogen (secondary N) is 2. The molecule has 1 atom stereocenters. The van der Waals surface area contributed by atoms with Gasteiger partial charge in [-0.15, -0.1) is 0 Å². The van der Waals surface area contributed by atoms with Crippen molar-refractivity contribution in [3.63, 3.8) is 0 Å². The fraction of sp³-hybridized carbons (Fsp3) is 0.474. The number of para-hydroxylation sites is 1. The molecule has 0 radical (unpaired) electrons. The molecule has 3 rings (SSSR count). The second kappa shape index (κ2) is 6.57. The molecule has 1 fully saturated rings. The third-order valence-corrected chi connectivity index (χ3v) is 4.46. The zero-order valence-electron chi connectivity index (χ0n) is 14.5. The number of hydrogen-bond acceptors (Lipinski definition) is 4. The van der Waals surface area contributed by atoms with E-state index in [4.69, 9.17) is 4.98 Å². The summed E-state index contributed by atoms with van der Waals surface area (Å²) in [5.41, 5.74) is 4.75. The maximum Gasteiger partial charge on any atom is 0.225 e. The first-order chi connectivity index (χ1) is 11.1. The number of anilines is 3. The molecule has 1 heterocycles. The molecule has 4 nitrogen and oxygen atoms in total. The highest BCUT2D eigenvalue weighted by molar-refractivity contribution is 5.65. The summed E-state index contributed by atoms with van der Waals surface area (Å²) in [5, 5.41) is 6.91. The van der Waals surface area contributed by atoms with Gasteiger partial charge in [0.1, 0.15) is 5.82 Å². The largest absolute Gasteiger partial charge is 0.352 e. The lowest BCUT2D eigenvalue weighted by Crippen LogP contribution is -2.16. The fourth-order valence-electron chi connectivity index (χ4n) is 2.64. The zero-order chi connectivity index (χ0) is 16.4. The van der Waals surface area contributed by atoms with E-state index in [1.165, 1.54) is 24.0 Å². The van der Waals surface area contributed by atoms with Crippen molar-refractivity contribution in [3.05, 3.63) is 41.1 Å². The van der Waals surface area contributed by atoms with Crippen LogP contribution in [0.5, 0.6) is 0 Å². The van der Waals surface area contributed by atoms with Gasteiger partial charge in [-0.3, -0.25) is 0 Å². The number of benzene rings is 1. The third kappa shape index (κ3) is 3.81. The van der Waals surface area contributed by atoms with Gasteiger partial charge in [-0.1, -0.05) is 25.1 Å². The molecule has 0 amide bonds. The van der Waals surface area contributed by atoms with Crippen LogP contribution in [0.1, 0.15) is 55.8 Å². The van der Waals surface area contributed by atoms with Crippen molar-refractivity contribution in [2.45, 2.75) is 58.9 Å². The minimum atomic E-state index is 0.373. The molecule has 23 heavy (non-hydrogen) atoms. The van der Waals surface area contributed by atoms with E-state index in [0.717, 1.165) is 29.6 Å². The van der Waals surface area contributed by atoms with E-state index in [-0.39, 0.29) is 0 Å². The van der Waals surface area contributed by atoms with Gasteiger partial charge in [0.25, 0.3) is 0 Å². The molecular weight excluding hydrogens is 284 g/mol. The molecule has 4 heteroatoms. The van der Waals surface area contributed by atoms with Crippen molar-refractivity contribution in [1.29, 1.82) is 0 Å². The topological polar surface area (TPSA) is 49.8 Å². The third-order valence-electron chi connectivity index (χ3n) is 4.46. The summed E-state index contributed by atoms with van der Waals surface area (Å²) < 4.78 is 0. The molecule has 2 aromatic rings. The van der Waals surface area contributed by atoms with E-state index in [1.807, 2.05) is 0 Å². The van der Waals surface area contributed by atoms with Crippen LogP contribution in [0.3, 0.4) is 0 Å². The van der Waals surface area contributed by atoms with Crippen molar-refractivity contribution in [3.8, 4) is 0 Å². The number of rotatable bonds is 6. The summed E-state index contributed by atoms with van der Waals surface area (Å²) in [5.74, 6) is 2.22.